The molecule has 0 saturated carbocycles. The number of fused-ring (bicyclic) bond motifs is 1. The number of para-hydroxylation sites is 2. The predicted molar refractivity (Wildman–Crippen MR) is 166 cm³/mol. The summed E-state index contributed by atoms with van der Waals surface area (Å²) >= 11 is 6.11. The van der Waals surface area contributed by atoms with Gasteiger partial charge < -0.3 is 14.8 Å². The van der Waals surface area contributed by atoms with E-state index in [4.69, 9.17) is 21.1 Å². The maximum absolute atomic E-state index is 13.5. The number of anilines is 4. The number of benzene rings is 4. The van der Waals surface area contributed by atoms with Gasteiger partial charge >= 0.3 is 0 Å². The molecule has 14 heteroatoms. The second kappa shape index (κ2) is 12.3. The summed E-state index contributed by atoms with van der Waals surface area (Å²) in [6.45, 7) is 1.97. The highest BCUT2D eigenvalue weighted by atomic mass is 35.5. The molecular formula is C29H26ClN5O6S2. The van der Waals surface area contributed by atoms with Gasteiger partial charge in [-0.25, -0.2) is 26.8 Å². The Hall–Kier alpha value is -4.59. The zero-order chi connectivity index (χ0) is 30.6. The van der Waals surface area contributed by atoms with Crippen molar-refractivity contribution in [2.24, 2.45) is 0 Å². The van der Waals surface area contributed by atoms with Crippen LogP contribution in [-0.4, -0.2) is 40.5 Å². The van der Waals surface area contributed by atoms with Crippen LogP contribution in [0, 0.1) is 0 Å². The van der Waals surface area contributed by atoms with Crippen LogP contribution in [-0.2, 0) is 20.0 Å². The van der Waals surface area contributed by atoms with E-state index < -0.39 is 20.0 Å². The lowest BCUT2D eigenvalue weighted by molar-refractivity contribution is 0.331. The number of methoxy groups -OCH3 is 1. The van der Waals surface area contributed by atoms with Crippen molar-refractivity contribution in [3.05, 3.63) is 96.0 Å². The Labute approximate surface area is 254 Å². The van der Waals surface area contributed by atoms with E-state index in [2.05, 4.69) is 24.7 Å². The average Bonchev–Trinajstić information content (AvgIpc) is 2.98. The molecule has 11 nitrogen and oxygen atoms in total. The van der Waals surface area contributed by atoms with Gasteiger partial charge in [0, 0.05) is 16.4 Å². The maximum Gasteiger partial charge on any atom is 0.266 e. The van der Waals surface area contributed by atoms with Crippen LogP contribution in [0.15, 0.2) is 101 Å². The molecule has 0 aliphatic rings. The van der Waals surface area contributed by atoms with Gasteiger partial charge in [0.15, 0.2) is 11.6 Å². The first-order valence-corrected chi connectivity index (χ1v) is 16.2. The van der Waals surface area contributed by atoms with Crippen LogP contribution in [0.3, 0.4) is 0 Å². The summed E-state index contributed by atoms with van der Waals surface area (Å²) in [7, 11) is -6.72. The molecule has 0 atom stereocenters. The topological polar surface area (TPSA) is 149 Å². The molecule has 3 N–H and O–H groups in total. The lowest BCUT2D eigenvalue weighted by atomic mass is 10.3. The van der Waals surface area contributed by atoms with Gasteiger partial charge in [-0.1, -0.05) is 29.8 Å². The zero-order valence-electron chi connectivity index (χ0n) is 22.9. The number of aromatic nitrogens is 2. The molecule has 1 heterocycles. The minimum absolute atomic E-state index is 0.0375. The van der Waals surface area contributed by atoms with Gasteiger partial charge in [-0.2, -0.15) is 0 Å². The van der Waals surface area contributed by atoms with Gasteiger partial charge in [0.1, 0.15) is 16.4 Å². The van der Waals surface area contributed by atoms with Crippen molar-refractivity contribution >= 4 is 65.7 Å². The van der Waals surface area contributed by atoms with Crippen molar-refractivity contribution in [2.75, 3.05) is 28.5 Å². The number of sulfonamides is 2. The second-order valence-electron chi connectivity index (χ2n) is 9.03. The quantitative estimate of drug-likeness (QED) is 0.157. The fourth-order valence-corrected chi connectivity index (χ4v) is 6.58. The number of nitrogens with one attached hydrogen (secondary N) is 3. The number of halogens is 1. The first-order chi connectivity index (χ1) is 20.6. The maximum atomic E-state index is 13.5. The number of hydrogen-bond acceptors (Lipinski definition) is 9. The monoisotopic (exact) mass is 639 g/mol. The molecule has 0 radical (unpaired) electrons. The SMILES string of the molecule is CCOc1ccc(Cl)cc1S(=O)(=O)Nc1nc2ccccc2nc1Nc1cccc(S(=O)(=O)Nc2ccc(OC)cc2)c1. The van der Waals surface area contributed by atoms with Crippen LogP contribution in [0.25, 0.3) is 11.0 Å². The van der Waals surface area contributed by atoms with Gasteiger partial charge in [-0.15, -0.1) is 0 Å². The standard InChI is InChI=1S/C29H26ClN5O6S2/c1-3-41-26-16-11-19(30)17-27(26)43(38,39)35-29-28(32-24-9-4-5-10-25(24)33-29)31-21-7-6-8-23(18-21)42(36,37)34-20-12-14-22(40-2)15-13-20/h4-18,34H,3H2,1-2H3,(H,31,32)(H,33,35). The summed E-state index contributed by atoms with van der Waals surface area (Å²) in [6, 6.07) is 23.6. The summed E-state index contributed by atoms with van der Waals surface area (Å²) in [4.78, 5) is 8.84. The highest BCUT2D eigenvalue weighted by Gasteiger charge is 2.24. The second-order valence-corrected chi connectivity index (χ2v) is 12.8. The fraction of sp³-hybridized carbons (Fsp3) is 0.103. The van der Waals surface area contributed by atoms with Crippen molar-refractivity contribution in [3.8, 4) is 11.5 Å². The smallest absolute Gasteiger partial charge is 0.266 e. The molecule has 0 unspecified atom stereocenters. The first kappa shape index (κ1) is 29.9. The molecule has 0 spiro atoms. The Balaban J connectivity index is 1.50. The number of hydrogen-bond donors (Lipinski definition) is 3. The van der Waals surface area contributed by atoms with Crippen LogP contribution < -0.4 is 24.2 Å². The Bertz CT molecular complexity index is 2010. The van der Waals surface area contributed by atoms with Gasteiger partial charge in [-0.3, -0.25) is 9.44 Å². The highest BCUT2D eigenvalue weighted by Crippen LogP contribution is 2.32. The number of ether oxygens (including phenoxy) is 2. The third-order valence-corrected chi connectivity index (χ3v) is 9.02. The summed E-state index contributed by atoms with van der Waals surface area (Å²) in [5, 5.41) is 3.22. The molecule has 43 heavy (non-hydrogen) atoms. The van der Waals surface area contributed by atoms with Crippen LogP contribution in [0.5, 0.6) is 11.5 Å². The Morgan fingerprint density at radius 2 is 1.44 bits per heavy atom. The number of nitrogens with zero attached hydrogens (tertiary/aromatic N) is 2. The van der Waals surface area contributed by atoms with E-state index in [1.54, 1.807) is 67.6 Å². The van der Waals surface area contributed by atoms with Gasteiger partial charge in [0.25, 0.3) is 20.0 Å². The molecule has 5 aromatic rings. The molecule has 5 rings (SSSR count). The van der Waals surface area contributed by atoms with Crippen molar-refractivity contribution in [3.63, 3.8) is 0 Å². The van der Waals surface area contributed by atoms with Crippen LogP contribution in [0.4, 0.5) is 23.0 Å². The average molecular weight is 640 g/mol. The minimum Gasteiger partial charge on any atom is -0.497 e. The van der Waals surface area contributed by atoms with E-state index in [0.717, 1.165) is 0 Å². The first-order valence-electron chi connectivity index (χ1n) is 12.8. The highest BCUT2D eigenvalue weighted by molar-refractivity contribution is 7.93. The Kier molecular flexibility index (Phi) is 8.57. The molecule has 4 aromatic carbocycles. The van der Waals surface area contributed by atoms with Crippen LogP contribution in [0.1, 0.15) is 6.92 Å². The summed E-state index contributed by atoms with van der Waals surface area (Å²) in [6.07, 6.45) is 0. The van der Waals surface area contributed by atoms with Crippen molar-refractivity contribution in [1.29, 1.82) is 0 Å². The molecule has 0 saturated heterocycles. The van der Waals surface area contributed by atoms with Crippen molar-refractivity contribution < 1.29 is 26.3 Å². The fourth-order valence-electron chi connectivity index (χ4n) is 4.06. The summed E-state index contributed by atoms with van der Waals surface area (Å²) in [5.41, 5.74) is 1.58. The van der Waals surface area contributed by atoms with Gasteiger partial charge in [0.2, 0.25) is 0 Å². The number of rotatable bonds is 11. The largest absolute Gasteiger partial charge is 0.497 e. The minimum atomic E-state index is -4.26. The third-order valence-electron chi connectivity index (χ3n) is 6.05. The van der Waals surface area contributed by atoms with E-state index in [1.807, 2.05) is 0 Å². The summed E-state index contributed by atoms with van der Waals surface area (Å²) in [5.74, 6) is 0.622. The van der Waals surface area contributed by atoms with Gasteiger partial charge in [-0.05, 0) is 79.7 Å². The van der Waals surface area contributed by atoms with Crippen molar-refractivity contribution in [1.82, 2.24) is 9.97 Å². The lowest BCUT2D eigenvalue weighted by Gasteiger charge is -2.16. The Morgan fingerprint density at radius 3 is 2.12 bits per heavy atom. The molecule has 222 valence electrons. The van der Waals surface area contributed by atoms with Gasteiger partial charge in [0.05, 0.1) is 29.6 Å². The lowest BCUT2D eigenvalue weighted by Crippen LogP contribution is -2.17. The van der Waals surface area contributed by atoms with E-state index in [0.29, 0.717) is 28.2 Å². The van der Waals surface area contributed by atoms with Crippen LogP contribution >= 0.6 is 11.6 Å². The molecule has 0 amide bonds. The Morgan fingerprint density at radius 1 is 0.744 bits per heavy atom. The third kappa shape index (κ3) is 6.91. The molecule has 0 bridgehead atoms. The molecule has 0 aliphatic heterocycles. The summed E-state index contributed by atoms with van der Waals surface area (Å²) < 4.78 is 69.0. The van der Waals surface area contributed by atoms with E-state index >= 15 is 0 Å². The predicted octanol–water partition coefficient (Wildman–Crippen LogP) is 6.04. The molecule has 1 aromatic heterocycles. The van der Waals surface area contributed by atoms with Crippen LogP contribution in [0.2, 0.25) is 5.02 Å². The van der Waals surface area contributed by atoms with E-state index in [-0.39, 0.29) is 38.8 Å². The van der Waals surface area contributed by atoms with E-state index in [9.17, 15) is 16.8 Å². The normalized spacial score (nSPS) is 11.6. The molecule has 0 aliphatic carbocycles. The zero-order valence-corrected chi connectivity index (χ0v) is 25.3. The van der Waals surface area contributed by atoms with Crippen molar-refractivity contribution in [2.45, 2.75) is 16.7 Å². The molecular weight excluding hydrogens is 614 g/mol. The van der Waals surface area contributed by atoms with E-state index in [1.165, 1.54) is 37.4 Å². The molecule has 0 fully saturated rings.